The summed E-state index contributed by atoms with van der Waals surface area (Å²) in [6, 6.07) is 20.0. The smallest absolute Gasteiger partial charge is 0.226 e. The minimum absolute atomic E-state index is 0. The van der Waals surface area contributed by atoms with Crippen molar-refractivity contribution in [3.8, 4) is 0 Å². The van der Waals surface area contributed by atoms with E-state index in [1.165, 1.54) is 29.8 Å². The molecule has 0 radical (unpaired) electrons. The van der Waals surface area contributed by atoms with Crippen LogP contribution in [0.4, 0.5) is 14.5 Å². The molecular weight excluding hydrogens is 558 g/mol. The Balaban J connectivity index is 0.00000316. The number of aromatic nitrogens is 2. The fourth-order valence-corrected chi connectivity index (χ4v) is 6.37. The fourth-order valence-electron chi connectivity index (χ4n) is 6.37. The van der Waals surface area contributed by atoms with Crippen molar-refractivity contribution in [1.82, 2.24) is 19.5 Å². The number of anilines is 1. The number of nitrogens with zero attached hydrogens (tertiary/aromatic N) is 5. The Hall–Kier alpha value is -3.92. The van der Waals surface area contributed by atoms with Gasteiger partial charge in [0.25, 0.3) is 0 Å². The second-order valence-corrected chi connectivity index (χ2v) is 11.2. The number of amidine groups is 1. The average Bonchev–Trinajstić information content (AvgIpc) is 3.62. The summed E-state index contributed by atoms with van der Waals surface area (Å²) in [4.78, 5) is 4.17. The van der Waals surface area contributed by atoms with Crippen molar-refractivity contribution in [2.75, 3.05) is 18.0 Å². The number of benzene rings is 3. The van der Waals surface area contributed by atoms with Crippen molar-refractivity contribution >= 4 is 45.7 Å². The van der Waals surface area contributed by atoms with Crippen LogP contribution < -0.4 is 10.3 Å². The number of fused-ring (bicyclic) bond motifs is 2. The first kappa shape index (κ1) is 28.2. The molecule has 2 aliphatic heterocycles. The average molecular weight is 591 g/mol. The summed E-state index contributed by atoms with van der Waals surface area (Å²) in [5, 5.41) is 16.8. The molecule has 0 bridgehead atoms. The molecule has 1 unspecified atom stereocenters. The van der Waals surface area contributed by atoms with Crippen molar-refractivity contribution in [1.29, 1.82) is 0 Å². The van der Waals surface area contributed by atoms with E-state index in [1.54, 1.807) is 17.0 Å². The monoisotopic (exact) mass is 590 g/mol. The van der Waals surface area contributed by atoms with Gasteiger partial charge in [0.15, 0.2) is 5.84 Å². The number of piperidine rings is 1. The number of likely N-dealkylation sites (tertiary alicyclic amines) is 1. The molecule has 2 aromatic heterocycles. The predicted octanol–water partition coefficient (Wildman–Crippen LogP) is 5.79. The Bertz CT molecular complexity index is 1760. The lowest BCUT2D eigenvalue weighted by molar-refractivity contribution is 0.159. The second-order valence-electron chi connectivity index (χ2n) is 11.2. The molecule has 10 heteroatoms. The van der Waals surface area contributed by atoms with Gasteiger partial charge >= 0.3 is 0 Å². The van der Waals surface area contributed by atoms with Gasteiger partial charge in [0.2, 0.25) is 6.35 Å². The zero-order chi connectivity index (χ0) is 28.1. The fraction of sp³-hybridized carbons (Fsp3) is 0.281. The molecule has 7 nitrogen and oxygen atoms in total. The number of aryl methyl sites for hydroxylation is 1. The quantitative estimate of drug-likeness (QED) is 0.263. The van der Waals surface area contributed by atoms with Crippen LogP contribution in [0, 0.1) is 17.6 Å². The maximum Gasteiger partial charge on any atom is 0.226 e. The standard InChI is InChI=1S/C32H32F2N6O.ClH/c1-37-19-27(25-15-23(33)7-9-28(25)37)31-35-36-32(41)40(31)30-20-39(29-10-8-24(34)16-26(29)30)18-22-11-13-38(14-12-22)17-21-5-3-2-4-6-21;/h2-10,15-16,19-20,22,32,36,41H,11-14,17-18H2,1H3;1H. The van der Waals surface area contributed by atoms with Crippen LogP contribution in [0.2, 0.25) is 0 Å². The number of hydrogen-bond donors (Lipinski definition) is 2. The van der Waals surface area contributed by atoms with E-state index in [0.717, 1.165) is 50.1 Å². The normalized spacial score (nSPS) is 18.0. The van der Waals surface area contributed by atoms with Gasteiger partial charge in [-0.2, -0.15) is 5.10 Å². The van der Waals surface area contributed by atoms with Crippen molar-refractivity contribution in [2.24, 2.45) is 18.1 Å². The van der Waals surface area contributed by atoms with E-state index in [9.17, 15) is 13.9 Å². The summed E-state index contributed by atoms with van der Waals surface area (Å²) in [5.74, 6) is 0.229. The number of hydrazone groups is 1. The van der Waals surface area contributed by atoms with E-state index in [4.69, 9.17) is 0 Å². The zero-order valence-electron chi connectivity index (χ0n) is 23.3. The molecule has 218 valence electrons. The number of halogens is 3. The first-order valence-electron chi connectivity index (χ1n) is 14.0. The molecule has 0 spiro atoms. The SMILES string of the molecule is Cl.Cn1cc(C2=NNC(O)N2c2cn(CC3CCN(Cc4ccccc4)CC3)c3ccc(F)cc23)c2cc(F)ccc21. The van der Waals surface area contributed by atoms with Crippen molar-refractivity contribution in [3.63, 3.8) is 0 Å². The summed E-state index contributed by atoms with van der Waals surface area (Å²) in [6.45, 7) is 3.82. The van der Waals surface area contributed by atoms with Crippen LogP contribution in [0.3, 0.4) is 0 Å². The number of rotatable bonds is 6. The lowest BCUT2D eigenvalue weighted by Crippen LogP contribution is -2.40. The first-order valence-corrected chi connectivity index (χ1v) is 14.0. The van der Waals surface area contributed by atoms with Gasteiger partial charge in [0.1, 0.15) is 11.6 Å². The van der Waals surface area contributed by atoms with E-state index < -0.39 is 6.35 Å². The predicted molar refractivity (Wildman–Crippen MR) is 165 cm³/mol. The maximum absolute atomic E-state index is 14.6. The summed E-state index contributed by atoms with van der Waals surface area (Å²) in [7, 11) is 1.89. The van der Waals surface area contributed by atoms with Gasteiger partial charge in [0.05, 0.1) is 11.2 Å². The third kappa shape index (κ3) is 5.12. The first-order chi connectivity index (χ1) is 19.9. The number of aliphatic hydroxyl groups excluding tert-OH is 1. The molecule has 2 N–H and O–H groups in total. The summed E-state index contributed by atoms with van der Waals surface area (Å²) >= 11 is 0. The number of nitrogens with one attached hydrogen (secondary N) is 1. The lowest BCUT2D eigenvalue weighted by atomic mass is 9.96. The van der Waals surface area contributed by atoms with Crippen LogP contribution in [-0.4, -0.2) is 44.4 Å². The van der Waals surface area contributed by atoms with Gasteiger partial charge in [0, 0.05) is 54.4 Å². The Labute approximate surface area is 249 Å². The van der Waals surface area contributed by atoms with Crippen molar-refractivity contribution in [2.45, 2.75) is 32.3 Å². The summed E-state index contributed by atoms with van der Waals surface area (Å²) in [5.41, 5.74) is 7.15. The van der Waals surface area contributed by atoms with Gasteiger partial charge in [-0.15, -0.1) is 12.4 Å². The molecule has 7 rings (SSSR count). The third-order valence-electron chi connectivity index (χ3n) is 8.44. The summed E-state index contributed by atoms with van der Waals surface area (Å²) < 4.78 is 32.9. The highest BCUT2D eigenvalue weighted by Gasteiger charge is 2.33. The van der Waals surface area contributed by atoms with E-state index >= 15 is 0 Å². The molecule has 2 aliphatic rings. The molecule has 5 aromatic rings. The molecule has 1 atom stereocenters. The van der Waals surface area contributed by atoms with Crippen LogP contribution in [0.5, 0.6) is 0 Å². The van der Waals surface area contributed by atoms with Crippen LogP contribution in [-0.2, 0) is 20.1 Å². The molecule has 0 aliphatic carbocycles. The van der Waals surface area contributed by atoms with Crippen molar-refractivity contribution < 1.29 is 13.9 Å². The topological polar surface area (TPSA) is 61.0 Å². The van der Waals surface area contributed by atoms with Crippen LogP contribution in [0.15, 0.2) is 84.2 Å². The second kappa shape index (κ2) is 11.4. The Morgan fingerprint density at radius 3 is 2.33 bits per heavy atom. The largest absolute Gasteiger partial charge is 0.355 e. The minimum Gasteiger partial charge on any atom is -0.355 e. The highest BCUT2D eigenvalue weighted by molar-refractivity contribution is 6.20. The van der Waals surface area contributed by atoms with E-state index in [0.29, 0.717) is 33.8 Å². The molecular formula is C32H33ClF2N6O. The van der Waals surface area contributed by atoms with E-state index in [2.05, 4.69) is 44.3 Å². The molecule has 1 fully saturated rings. The van der Waals surface area contributed by atoms with Crippen LogP contribution in [0.25, 0.3) is 21.8 Å². The van der Waals surface area contributed by atoms with Crippen LogP contribution >= 0.6 is 12.4 Å². The minimum atomic E-state index is -1.16. The lowest BCUT2D eigenvalue weighted by Gasteiger charge is -2.32. The highest BCUT2D eigenvalue weighted by atomic mass is 35.5. The van der Waals surface area contributed by atoms with Crippen molar-refractivity contribution in [3.05, 3.63) is 102 Å². The Morgan fingerprint density at radius 2 is 1.60 bits per heavy atom. The zero-order valence-corrected chi connectivity index (χ0v) is 24.1. The molecule has 4 heterocycles. The van der Waals surface area contributed by atoms with Gasteiger partial charge in [-0.25, -0.2) is 8.78 Å². The molecule has 1 saturated heterocycles. The third-order valence-corrected chi connectivity index (χ3v) is 8.44. The Kier molecular flexibility index (Phi) is 7.66. The molecule has 0 saturated carbocycles. The van der Waals surface area contributed by atoms with E-state index in [1.807, 2.05) is 30.1 Å². The maximum atomic E-state index is 14.6. The van der Waals surface area contributed by atoms with Gasteiger partial charge in [-0.1, -0.05) is 30.3 Å². The highest BCUT2D eigenvalue weighted by Crippen LogP contribution is 2.36. The van der Waals surface area contributed by atoms with Gasteiger partial charge in [-0.3, -0.25) is 15.2 Å². The van der Waals surface area contributed by atoms with E-state index in [-0.39, 0.29) is 24.0 Å². The molecule has 3 aromatic carbocycles. The molecule has 0 amide bonds. The van der Waals surface area contributed by atoms with Gasteiger partial charge in [-0.05, 0) is 73.8 Å². The van der Waals surface area contributed by atoms with Gasteiger partial charge < -0.3 is 14.2 Å². The number of aliphatic hydroxyl groups is 1. The van der Waals surface area contributed by atoms with Crippen LogP contribution in [0.1, 0.15) is 24.0 Å². The molecule has 42 heavy (non-hydrogen) atoms. The Morgan fingerprint density at radius 1 is 0.905 bits per heavy atom. The summed E-state index contributed by atoms with van der Waals surface area (Å²) in [6.07, 6.45) is 4.85. The number of hydrogen-bond acceptors (Lipinski definition) is 5.